The molecule has 150 valence electrons. The van der Waals surface area contributed by atoms with E-state index in [1.54, 1.807) is 18.2 Å². The summed E-state index contributed by atoms with van der Waals surface area (Å²) in [4.78, 5) is 17.2. The summed E-state index contributed by atoms with van der Waals surface area (Å²) in [7, 11) is 0. The van der Waals surface area contributed by atoms with Crippen molar-refractivity contribution in [3.63, 3.8) is 0 Å². The molecule has 1 aromatic carbocycles. The first kappa shape index (κ1) is 23.3. The second-order valence-electron chi connectivity index (χ2n) is 5.99. The zero-order valence-electron chi connectivity index (χ0n) is 15.4. The Hall–Kier alpha value is -1.72. The predicted molar refractivity (Wildman–Crippen MR) is 118 cm³/mol. The van der Waals surface area contributed by atoms with E-state index in [0.29, 0.717) is 19.0 Å². The van der Waals surface area contributed by atoms with Crippen LogP contribution in [0.1, 0.15) is 12.0 Å². The van der Waals surface area contributed by atoms with Crippen LogP contribution in [-0.2, 0) is 11.3 Å². The van der Waals surface area contributed by atoms with Gasteiger partial charge in [-0.15, -0.1) is 30.6 Å². The molecule has 0 saturated carbocycles. The largest absolute Gasteiger partial charge is 0.379 e. The molecule has 1 aliphatic heterocycles. The summed E-state index contributed by atoms with van der Waals surface area (Å²) in [5.41, 5.74) is 1.01. The fourth-order valence-corrected chi connectivity index (χ4v) is 2.57. The second-order valence-corrected chi connectivity index (χ2v) is 5.99. The van der Waals surface area contributed by atoms with E-state index in [1.807, 2.05) is 0 Å². The number of guanidine groups is 1. The summed E-state index contributed by atoms with van der Waals surface area (Å²) >= 11 is 0. The highest BCUT2D eigenvalue weighted by atomic mass is 127. The maximum absolute atomic E-state index is 10.7. The fraction of sp³-hybridized carbons (Fsp3) is 0.500. The number of benzene rings is 1. The average molecular weight is 489 g/mol. The number of hydrogen-bond donors (Lipinski definition) is 2. The number of nitro groups is 1. The predicted octanol–water partition coefficient (Wildman–Crippen LogP) is 2.16. The van der Waals surface area contributed by atoms with Gasteiger partial charge in [-0.2, -0.15) is 0 Å². The minimum absolute atomic E-state index is 0. The van der Waals surface area contributed by atoms with E-state index >= 15 is 0 Å². The molecule has 1 aromatic rings. The van der Waals surface area contributed by atoms with Crippen LogP contribution < -0.4 is 10.6 Å². The third-order valence-corrected chi connectivity index (χ3v) is 4.03. The van der Waals surface area contributed by atoms with Crippen molar-refractivity contribution in [1.82, 2.24) is 15.5 Å². The van der Waals surface area contributed by atoms with Gasteiger partial charge in [0, 0.05) is 38.3 Å². The minimum atomic E-state index is -0.403. The molecule has 1 fully saturated rings. The van der Waals surface area contributed by atoms with Crippen LogP contribution in [0.15, 0.2) is 41.9 Å². The van der Waals surface area contributed by atoms with Crippen LogP contribution in [0.5, 0.6) is 0 Å². The summed E-state index contributed by atoms with van der Waals surface area (Å²) in [6, 6.07) is 6.45. The van der Waals surface area contributed by atoms with Crippen LogP contribution >= 0.6 is 24.0 Å². The number of non-ortho nitro benzene ring substituents is 1. The lowest BCUT2D eigenvalue weighted by atomic mass is 10.2. The van der Waals surface area contributed by atoms with E-state index < -0.39 is 4.92 Å². The normalized spacial score (nSPS) is 14.9. The van der Waals surface area contributed by atoms with Gasteiger partial charge in [-0.3, -0.25) is 15.0 Å². The average Bonchev–Trinajstić information content (AvgIpc) is 2.67. The number of nitrogens with zero attached hydrogens (tertiary/aromatic N) is 3. The molecule has 0 bridgehead atoms. The summed E-state index contributed by atoms with van der Waals surface area (Å²) in [5, 5.41) is 17.2. The molecule has 1 saturated heterocycles. The van der Waals surface area contributed by atoms with Crippen LogP contribution in [0.4, 0.5) is 5.69 Å². The Kier molecular flexibility index (Phi) is 11.6. The molecule has 9 heteroatoms. The number of halogens is 1. The number of nitrogens with one attached hydrogen (secondary N) is 2. The van der Waals surface area contributed by atoms with Crippen molar-refractivity contribution in [2.24, 2.45) is 4.99 Å². The highest BCUT2D eigenvalue weighted by molar-refractivity contribution is 14.0. The molecule has 0 spiro atoms. The molecule has 2 rings (SSSR count). The van der Waals surface area contributed by atoms with E-state index in [4.69, 9.17) is 4.74 Å². The molecule has 0 aromatic heterocycles. The smallest absolute Gasteiger partial charge is 0.269 e. The third kappa shape index (κ3) is 9.16. The van der Waals surface area contributed by atoms with Crippen LogP contribution in [0.2, 0.25) is 0 Å². The van der Waals surface area contributed by atoms with Crippen molar-refractivity contribution in [2.75, 3.05) is 45.9 Å². The first-order valence-electron chi connectivity index (χ1n) is 8.85. The number of ether oxygens (including phenoxy) is 1. The van der Waals surface area contributed by atoms with Gasteiger partial charge in [0.05, 0.1) is 24.7 Å². The Labute approximate surface area is 177 Å². The first-order chi connectivity index (χ1) is 12.7. The lowest BCUT2D eigenvalue weighted by Crippen LogP contribution is -2.40. The molecule has 0 aliphatic carbocycles. The van der Waals surface area contributed by atoms with Crippen molar-refractivity contribution >= 4 is 35.6 Å². The molecule has 0 atom stereocenters. The Morgan fingerprint density at radius 3 is 2.63 bits per heavy atom. The Morgan fingerprint density at radius 1 is 1.30 bits per heavy atom. The standard InChI is InChI=1S/C18H27N5O3.HI/c1-2-8-19-18(20-9-3-10-22-11-13-26-14-12-22)21-15-16-4-6-17(7-5-16)23(24)25;/h2,4-7H,1,3,8-15H2,(H2,19,20,21);1H. The van der Waals surface area contributed by atoms with Crippen molar-refractivity contribution in [2.45, 2.75) is 13.0 Å². The van der Waals surface area contributed by atoms with E-state index in [0.717, 1.165) is 51.4 Å². The van der Waals surface area contributed by atoms with Gasteiger partial charge >= 0.3 is 0 Å². The monoisotopic (exact) mass is 489 g/mol. The van der Waals surface area contributed by atoms with Gasteiger partial charge in [0.15, 0.2) is 5.96 Å². The second kappa shape index (κ2) is 13.4. The van der Waals surface area contributed by atoms with Crippen molar-refractivity contribution in [3.8, 4) is 0 Å². The van der Waals surface area contributed by atoms with E-state index in [2.05, 4.69) is 27.1 Å². The van der Waals surface area contributed by atoms with E-state index in [-0.39, 0.29) is 29.7 Å². The lowest BCUT2D eigenvalue weighted by Gasteiger charge is -2.26. The van der Waals surface area contributed by atoms with Gasteiger partial charge in [0.2, 0.25) is 0 Å². The zero-order chi connectivity index (χ0) is 18.6. The zero-order valence-corrected chi connectivity index (χ0v) is 17.8. The van der Waals surface area contributed by atoms with Crippen molar-refractivity contribution in [3.05, 3.63) is 52.6 Å². The summed E-state index contributed by atoms with van der Waals surface area (Å²) in [6.07, 6.45) is 2.79. The summed E-state index contributed by atoms with van der Waals surface area (Å²) < 4.78 is 5.35. The van der Waals surface area contributed by atoms with Gasteiger partial charge in [-0.1, -0.05) is 18.2 Å². The summed E-state index contributed by atoms with van der Waals surface area (Å²) in [5.74, 6) is 0.713. The van der Waals surface area contributed by atoms with Gasteiger partial charge in [0.25, 0.3) is 5.69 Å². The first-order valence-corrected chi connectivity index (χ1v) is 8.85. The molecule has 0 unspecified atom stereocenters. The highest BCUT2D eigenvalue weighted by Crippen LogP contribution is 2.12. The topological polar surface area (TPSA) is 92.0 Å². The van der Waals surface area contributed by atoms with Crippen LogP contribution in [0.3, 0.4) is 0 Å². The van der Waals surface area contributed by atoms with Crippen LogP contribution in [-0.4, -0.2) is 61.7 Å². The van der Waals surface area contributed by atoms with Crippen molar-refractivity contribution in [1.29, 1.82) is 0 Å². The highest BCUT2D eigenvalue weighted by Gasteiger charge is 2.09. The fourth-order valence-electron chi connectivity index (χ4n) is 2.57. The molecule has 1 aliphatic rings. The number of rotatable bonds is 9. The molecule has 0 radical (unpaired) electrons. The molecule has 2 N–H and O–H groups in total. The maximum atomic E-state index is 10.7. The van der Waals surface area contributed by atoms with Crippen LogP contribution in [0, 0.1) is 10.1 Å². The number of morpholine rings is 1. The Balaban J connectivity index is 0.00000364. The lowest BCUT2D eigenvalue weighted by molar-refractivity contribution is -0.384. The Bertz CT molecular complexity index is 604. The SMILES string of the molecule is C=CCNC(=NCc1ccc([N+](=O)[O-])cc1)NCCCN1CCOCC1.I. The molecule has 0 amide bonds. The van der Waals surface area contributed by atoms with E-state index in [1.165, 1.54) is 12.1 Å². The number of aliphatic imine (C=N–C) groups is 1. The molecular weight excluding hydrogens is 461 g/mol. The van der Waals surface area contributed by atoms with E-state index in [9.17, 15) is 10.1 Å². The molecule has 8 nitrogen and oxygen atoms in total. The Morgan fingerprint density at radius 2 is 2.00 bits per heavy atom. The number of hydrogen-bond acceptors (Lipinski definition) is 5. The number of nitro benzene ring substituents is 1. The minimum Gasteiger partial charge on any atom is -0.379 e. The van der Waals surface area contributed by atoms with Gasteiger partial charge < -0.3 is 15.4 Å². The van der Waals surface area contributed by atoms with Crippen molar-refractivity contribution < 1.29 is 9.66 Å². The molecular formula is C18H28IN5O3. The quantitative estimate of drug-likeness (QED) is 0.105. The molecule has 27 heavy (non-hydrogen) atoms. The van der Waals surface area contributed by atoms with Gasteiger partial charge in [0.1, 0.15) is 0 Å². The maximum Gasteiger partial charge on any atom is 0.269 e. The van der Waals surface area contributed by atoms with Gasteiger partial charge in [-0.25, -0.2) is 4.99 Å². The van der Waals surface area contributed by atoms with Crippen LogP contribution in [0.25, 0.3) is 0 Å². The molecule has 1 heterocycles. The summed E-state index contributed by atoms with van der Waals surface area (Å²) in [6.45, 7) is 10.3. The third-order valence-electron chi connectivity index (χ3n) is 4.03. The van der Waals surface area contributed by atoms with Gasteiger partial charge in [-0.05, 0) is 18.5 Å².